The molecule has 2 aromatic carbocycles. The number of rotatable bonds is 4. The summed E-state index contributed by atoms with van der Waals surface area (Å²) in [7, 11) is -3.43. The molecule has 1 saturated heterocycles. The minimum Gasteiger partial charge on any atom is -0.333 e. The number of amides is 1. The molecular formula is C19H22N2O3S. The SMILES string of the molecule is C[C@@H]1CNCCN1C(=O)c1cccc(CS(=O)(=O)c2ccccc2)c1. The smallest absolute Gasteiger partial charge is 0.254 e. The molecule has 1 heterocycles. The molecule has 132 valence electrons. The van der Waals surface area contributed by atoms with Gasteiger partial charge >= 0.3 is 0 Å². The van der Waals surface area contributed by atoms with Crippen molar-refractivity contribution < 1.29 is 13.2 Å². The van der Waals surface area contributed by atoms with Gasteiger partial charge in [-0.2, -0.15) is 0 Å². The van der Waals surface area contributed by atoms with Crippen molar-refractivity contribution in [3.63, 3.8) is 0 Å². The van der Waals surface area contributed by atoms with Gasteiger partial charge in [-0.05, 0) is 36.8 Å². The van der Waals surface area contributed by atoms with Crippen molar-refractivity contribution in [2.45, 2.75) is 23.6 Å². The summed E-state index contributed by atoms with van der Waals surface area (Å²) in [6.45, 7) is 4.21. The van der Waals surface area contributed by atoms with E-state index >= 15 is 0 Å². The Morgan fingerprint density at radius 1 is 1.16 bits per heavy atom. The van der Waals surface area contributed by atoms with E-state index in [0.29, 0.717) is 22.6 Å². The lowest BCUT2D eigenvalue weighted by atomic mass is 10.1. The molecule has 0 aliphatic carbocycles. The number of carbonyl (C=O) groups excluding carboxylic acids is 1. The van der Waals surface area contributed by atoms with Crippen LogP contribution >= 0.6 is 0 Å². The lowest BCUT2D eigenvalue weighted by Gasteiger charge is -2.34. The van der Waals surface area contributed by atoms with E-state index in [4.69, 9.17) is 0 Å². The molecule has 3 rings (SSSR count). The fourth-order valence-corrected chi connectivity index (χ4v) is 4.39. The second-order valence-corrected chi connectivity index (χ2v) is 8.31. The van der Waals surface area contributed by atoms with Crippen molar-refractivity contribution in [3.8, 4) is 0 Å². The molecule has 6 heteroatoms. The fraction of sp³-hybridized carbons (Fsp3) is 0.316. The zero-order valence-corrected chi connectivity index (χ0v) is 15.0. The van der Waals surface area contributed by atoms with Crippen LogP contribution in [0, 0.1) is 0 Å². The van der Waals surface area contributed by atoms with Crippen molar-refractivity contribution in [2.75, 3.05) is 19.6 Å². The third kappa shape index (κ3) is 4.08. The number of hydrogen-bond donors (Lipinski definition) is 1. The van der Waals surface area contributed by atoms with E-state index < -0.39 is 9.84 Å². The quantitative estimate of drug-likeness (QED) is 0.909. The first-order chi connectivity index (χ1) is 12.0. The van der Waals surface area contributed by atoms with E-state index in [9.17, 15) is 13.2 Å². The molecule has 0 saturated carbocycles. The van der Waals surface area contributed by atoms with E-state index in [1.165, 1.54) is 0 Å². The zero-order valence-electron chi connectivity index (χ0n) is 14.2. The summed E-state index contributed by atoms with van der Waals surface area (Å²) in [5, 5.41) is 3.26. The van der Waals surface area contributed by atoms with Crippen molar-refractivity contribution in [2.24, 2.45) is 0 Å². The average molecular weight is 358 g/mol. The van der Waals surface area contributed by atoms with Gasteiger partial charge in [0.15, 0.2) is 9.84 Å². The molecule has 1 aliphatic rings. The Morgan fingerprint density at radius 3 is 2.64 bits per heavy atom. The molecule has 1 amide bonds. The van der Waals surface area contributed by atoms with Crippen LogP contribution in [0.5, 0.6) is 0 Å². The summed E-state index contributed by atoms with van der Waals surface area (Å²) < 4.78 is 25.1. The molecule has 1 aliphatic heterocycles. The normalized spacial score (nSPS) is 18.1. The van der Waals surface area contributed by atoms with Gasteiger partial charge in [-0.1, -0.05) is 30.3 Å². The molecular weight excluding hydrogens is 336 g/mol. The average Bonchev–Trinajstić information content (AvgIpc) is 2.62. The third-order valence-electron chi connectivity index (χ3n) is 4.40. The first kappa shape index (κ1) is 17.6. The predicted molar refractivity (Wildman–Crippen MR) is 97.1 cm³/mol. The maximum Gasteiger partial charge on any atom is 0.254 e. The highest BCUT2D eigenvalue weighted by Crippen LogP contribution is 2.18. The van der Waals surface area contributed by atoms with Gasteiger partial charge in [-0.15, -0.1) is 0 Å². The Kier molecular flexibility index (Phi) is 5.20. The van der Waals surface area contributed by atoms with E-state index in [0.717, 1.165) is 13.1 Å². The van der Waals surface area contributed by atoms with Crippen LogP contribution in [-0.2, 0) is 15.6 Å². The monoisotopic (exact) mass is 358 g/mol. The van der Waals surface area contributed by atoms with Crippen LogP contribution in [0.2, 0.25) is 0 Å². The molecule has 0 aromatic heterocycles. The number of nitrogens with one attached hydrogen (secondary N) is 1. The van der Waals surface area contributed by atoms with Gasteiger partial charge in [0.2, 0.25) is 0 Å². The number of piperazine rings is 1. The Bertz CT molecular complexity index is 850. The summed E-state index contributed by atoms with van der Waals surface area (Å²) in [6.07, 6.45) is 0. The maximum absolute atomic E-state index is 12.7. The van der Waals surface area contributed by atoms with Gasteiger partial charge in [0.25, 0.3) is 5.91 Å². The maximum atomic E-state index is 12.7. The van der Waals surface area contributed by atoms with Crippen LogP contribution in [0.15, 0.2) is 59.5 Å². The van der Waals surface area contributed by atoms with E-state index in [-0.39, 0.29) is 17.7 Å². The summed E-state index contributed by atoms with van der Waals surface area (Å²) in [5.41, 5.74) is 1.16. The molecule has 5 nitrogen and oxygen atoms in total. The second kappa shape index (κ2) is 7.37. The summed E-state index contributed by atoms with van der Waals surface area (Å²) >= 11 is 0. The molecule has 2 aromatic rings. The highest BCUT2D eigenvalue weighted by atomic mass is 32.2. The van der Waals surface area contributed by atoms with E-state index in [2.05, 4.69) is 5.32 Å². The summed E-state index contributed by atoms with van der Waals surface area (Å²) in [4.78, 5) is 14.9. The van der Waals surface area contributed by atoms with Gasteiger partial charge in [-0.25, -0.2) is 8.42 Å². The fourth-order valence-electron chi connectivity index (χ4n) is 3.03. The Labute approximate surface area is 148 Å². The second-order valence-electron chi connectivity index (χ2n) is 6.32. The van der Waals surface area contributed by atoms with E-state index in [1.54, 1.807) is 54.6 Å². The van der Waals surface area contributed by atoms with Crippen LogP contribution in [0.1, 0.15) is 22.8 Å². The van der Waals surface area contributed by atoms with Gasteiger partial charge in [-0.3, -0.25) is 4.79 Å². The van der Waals surface area contributed by atoms with Gasteiger partial charge in [0.1, 0.15) is 0 Å². The van der Waals surface area contributed by atoms with Crippen molar-refractivity contribution >= 4 is 15.7 Å². The van der Waals surface area contributed by atoms with Crippen molar-refractivity contribution in [1.29, 1.82) is 0 Å². The number of sulfone groups is 1. The molecule has 0 radical (unpaired) electrons. The zero-order chi connectivity index (χ0) is 17.9. The molecule has 25 heavy (non-hydrogen) atoms. The highest BCUT2D eigenvalue weighted by molar-refractivity contribution is 7.90. The summed E-state index contributed by atoms with van der Waals surface area (Å²) in [6, 6.07) is 15.4. The van der Waals surface area contributed by atoms with Gasteiger partial charge in [0.05, 0.1) is 10.6 Å². The number of nitrogens with zero attached hydrogens (tertiary/aromatic N) is 1. The standard InChI is InChI=1S/C19H22N2O3S/c1-15-13-20-10-11-21(15)19(22)17-7-5-6-16(12-17)14-25(23,24)18-8-3-2-4-9-18/h2-9,12,15,20H,10-11,13-14H2,1H3/t15-/m1/s1. The lowest BCUT2D eigenvalue weighted by Crippen LogP contribution is -2.52. The summed E-state index contributed by atoms with van der Waals surface area (Å²) in [5.74, 6) is -0.164. The molecule has 0 spiro atoms. The van der Waals surface area contributed by atoms with E-state index in [1.807, 2.05) is 11.8 Å². The van der Waals surface area contributed by atoms with Crippen molar-refractivity contribution in [3.05, 3.63) is 65.7 Å². The largest absolute Gasteiger partial charge is 0.333 e. The first-order valence-electron chi connectivity index (χ1n) is 8.36. The van der Waals surface area contributed by atoms with Crippen LogP contribution in [0.25, 0.3) is 0 Å². The molecule has 1 N–H and O–H groups in total. The topological polar surface area (TPSA) is 66.5 Å². The van der Waals surface area contributed by atoms with Crippen LogP contribution in [0.4, 0.5) is 0 Å². The number of hydrogen-bond acceptors (Lipinski definition) is 4. The predicted octanol–water partition coefficient (Wildman–Crippen LogP) is 2.09. The van der Waals surface area contributed by atoms with Crippen molar-refractivity contribution in [1.82, 2.24) is 10.2 Å². The molecule has 1 atom stereocenters. The minimum atomic E-state index is -3.43. The number of carbonyl (C=O) groups is 1. The molecule has 1 fully saturated rings. The van der Waals surface area contributed by atoms with Crippen LogP contribution in [-0.4, -0.2) is 44.9 Å². The Balaban J connectivity index is 1.81. The Morgan fingerprint density at radius 2 is 1.92 bits per heavy atom. The van der Waals surface area contributed by atoms with Crippen LogP contribution < -0.4 is 5.32 Å². The minimum absolute atomic E-state index is 0.0482. The molecule has 0 unspecified atom stereocenters. The van der Waals surface area contributed by atoms with Gasteiger partial charge < -0.3 is 10.2 Å². The number of benzene rings is 2. The van der Waals surface area contributed by atoms with Crippen LogP contribution in [0.3, 0.4) is 0 Å². The molecule has 0 bridgehead atoms. The van der Waals surface area contributed by atoms with Gasteiger partial charge in [0, 0.05) is 31.2 Å². The Hall–Kier alpha value is -2.18. The first-order valence-corrected chi connectivity index (χ1v) is 10.0. The third-order valence-corrected chi connectivity index (χ3v) is 6.10. The highest BCUT2D eigenvalue weighted by Gasteiger charge is 2.24. The lowest BCUT2D eigenvalue weighted by molar-refractivity contribution is 0.0655.